The van der Waals surface area contributed by atoms with Crippen LogP contribution in [-0.4, -0.2) is 71.7 Å². The predicted octanol–water partition coefficient (Wildman–Crippen LogP) is 1.42. The van der Waals surface area contributed by atoms with Gasteiger partial charge in [0.1, 0.15) is 12.2 Å². The lowest BCUT2D eigenvalue weighted by Crippen LogP contribution is -2.39. The number of nitrogens with one attached hydrogen (secondary N) is 1. The zero-order chi connectivity index (χ0) is 17.2. The minimum atomic E-state index is 0. The Morgan fingerprint density at radius 3 is 2.88 bits per heavy atom. The van der Waals surface area contributed by atoms with E-state index in [1.807, 2.05) is 14.1 Å². The zero-order valence-electron chi connectivity index (χ0n) is 15.5. The molecule has 1 N–H and O–H groups in total. The molecule has 9 heteroatoms. The second-order valence-electron chi connectivity index (χ2n) is 5.93. The molecule has 0 aromatic carbocycles. The third kappa shape index (κ3) is 7.87. The van der Waals surface area contributed by atoms with Gasteiger partial charge in [-0.25, -0.2) is 4.98 Å². The van der Waals surface area contributed by atoms with E-state index in [1.54, 1.807) is 11.0 Å². The van der Waals surface area contributed by atoms with Gasteiger partial charge in [0, 0.05) is 47.0 Å². The van der Waals surface area contributed by atoms with Gasteiger partial charge in [0.25, 0.3) is 0 Å². The zero-order valence-corrected chi connectivity index (χ0v) is 17.8. The number of rotatable bonds is 8. The standard InChI is InChI=1S/C16H30N6O2.HI/c1-4-17-16(21(2)12-15-19-13-20-22(15)3)18-8-5-9-24-14-6-10-23-11-7-14;/h13-14H,4-12H2,1-3H3,(H,17,18);1H. The van der Waals surface area contributed by atoms with Crippen molar-refractivity contribution in [1.29, 1.82) is 0 Å². The van der Waals surface area contributed by atoms with Crippen molar-refractivity contribution < 1.29 is 9.47 Å². The summed E-state index contributed by atoms with van der Waals surface area (Å²) in [5, 5.41) is 7.41. The number of nitrogens with zero attached hydrogens (tertiary/aromatic N) is 5. The number of hydrogen-bond acceptors (Lipinski definition) is 5. The number of halogens is 1. The summed E-state index contributed by atoms with van der Waals surface area (Å²) in [6.07, 6.45) is 4.86. The lowest BCUT2D eigenvalue weighted by atomic mass is 10.1. The first-order chi connectivity index (χ1) is 11.7. The van der Waals surface area contributed by atoms with Gasteiger partial charge in [-0.3, -0.25) is 9.67 Å². The summed E-state index contributed by atoms with van der Waals surface area (Å²) in [7, 11) is 3.91. The van der Waals surface area contributed by atoms with Gasteiger partial charge in [0.15, 0.2) is 5.96 Å². The normalized spacial score (nSPS) is 15.7. The Morgan fingerprint density at radius 1 is 1.48 bits per heavy atom. The van der Waals surface area contributed by atoms with E-state index in [4.69, 9.17) is 9.47 Å². The quantitative estimate of drug-likeness (QED) is 0.270. The largest absolute Gasteiger partial charge is 0.381 e. The third-order valence-corrected chi connectivity index (χ3v) is 3.97. The molecule has 1 aromatic heterocycles. The molecule has 1 fully saturated rings. The van der Waals surface area contributed by atoms with Gasteiger partial charge in [0.2, 0.25) is 0 Å². The molecule has 25 heavy (non-hydrogen) atoms. The average Bonchev–Trinajstić information content (AvgIpc) is 2.99. The molecule has 0 atom stereocenters. The Hall–Kier alpha value is -0.940. The van der Waals surface area contributed by atoms with E-state index in [0.29, 0.717) is 12.6 Å². The molecule has 2 heterocycles. The SMILES string of the molecule is CCNC(=NCCCOC1CCOCC1)N(C)Cc1ncnn1C.I. The highest BCUT2D eigenvalue weighted by atomic mass is 127. The number of aryl methyl sites for hydroxylation is 1. The lowest BCUT2D eigenvalue weighted by molar-refractivity contribution is -0.0318. The van der Waals surface area contributed by atoms with Gasteiger partial charge in [-0.05, 0) is 26.2 Å². The predicted molar refractivity (Wildman–Crippen MR) is 108 cm³/mol. The van der Waals surface area contributed by atoms with Crippen molar-refractivity contribution in [1.82, 2.24) is 25.0 Å². The minimum Gasteiger partial charge on any atom is -0.381 e. The molecule has 1 aromatic rings. The van der Waals surface area contributed by atoms with Crippen LogP contribution in [0.15, 0.2) is 11.3 Å². The summed E-state index contributed by atoms with van der Waals surface area (Å²) in [6.45, 7) is 6.71. The van der Waals surface area contributed by atoms with Crippen LogP contribution in [0.2, 0.25) is 0 Å². The van der Waals surface area contributed by atoms with E-state index in [9.17, 15) is 0 Å². The Bertz CT molecular complexity index is 505. The van der Waals surface area contributed by atoms with Crippen LogP contribution in [0.3, 0.4) is 0 Å². The molecular formula is C16H31IN6O2. The molecule has 0 saturated carbocycles. The highest BCUT2D eigenvalue weighted by Crippen LogP contribution is 2.10. The minimum absolute atomic E-state index is 0. The first-order valence-electron chi connectivity index (χ1n) is 8.72. The molecule has 0 spiro atoms. The van der Waals surface area contributed by atoms with Crippen molar-refractivity contribution in [2.45, 2.75) is 38.8 Å². The highest BCUT2D eigenvalue weighted by molar-refractivity contribution is 14.0. The first kappa shape index (κ1) is 22.1. The van der Waals surface area contributed by atoms with Crippen molar-refractivity contribution in [3.05, 3.63) is 12.2 Å². The van der Waals surface area contributed by atoms with Gasteiger partial charge >= 0.3 is 0 Å². The van der Waals surface area contributed by atoms with Crippen LogP contribution in [0.25, 0.3) is 0 Å². The number of aliphatic imine (C=N–C) groups is 1. The van der Waals surface area contributed by atoms with Crippen LogP contribution in [0.5, 0.6) is 0 Å². The number of ether oxygens (including phenoxy) is 2. The molecule has 0 unspecified atom stereocenters. The summed E-state index contributed by atoms with van der Waals surface area (Å²) < 4.78 is 13.0. The van der Waals surface area contributed by atoms with Crippen molar-refractivity contribution in [3.63, 3.8) is 0 Å². The van der Waals surface area contributed by atoms with Crippen LogP contribution < -0.4 is 5.32 Å². The number of guanidine groups is 1. The Kier molecular flexibility index (Phi) is 11.0. The molecule has 1 saturated heterocycles. The molecule has 144 valence electrons. The third-order valence-electron chi connectivity index (χ3n) is 3.97. The fourth-order valence-electron chi connectivity index (χ4n) is 2.56. The van der Waals surface area contributed by atoms with E-state index in [0.717, 1.165) is 64.0 Å². The maximum atomic E-state index is 5.88. The summed E-state index contributed by atoms with van der Waals surface area (Å²) in [6, 6.07) is 0. The molecule has 0 radical (unpaired) electrons. The van der Waals surface area contributed by atoms with Crippen molar-refractivity contribution in [2.75, 3.05) is 40.0 Å². The van der Waals surface area contributed by atoms with Gasteiger partial charge in [-0.1, -0.05) is 0 Å². The molecule has 2 rings (SSSR count). The summed E-state index contributed by atoms with van der Waals surface area (Å²) in [5.41, 5.74) is 0. The van der Waals surface area contributed by atoms with E-state index >= 15 is 0 Å². The molecule has 1 aliphatic rings. The molecule has 0 aliphatic carbocycles. The fourth-order valence-corrected chi connectivity index (χ4v) is 2.56. The number of aromatic nitrogens is 3. The van der Waals surface area contributed by atoms with Crippen LogP contribution in [-0.2, 0) is 23.1 Å². The molecular weight excluding hydrogens is 435 g/mol. The van der Waals surface area contributed by atoms with Crippen LogP contribution >= 0.6 is 24.0 Å². The second-order valence-corrected chi connectivity index (χ2v) is 5.93. The van der Waals surface area contributed by atoms with Gasteiger partial charge < -0.3 is 19.7 Å². The van der Waals surface area contributed by atoms with Gasteiger partial charge in [-0.15, -0.1) is 24.0 Å². The summed E-state index contributed by atoms with van der Waals surface area (Å²) >= 11 is 0. The molecule has 0 amide bonds. The monoisotopic (exact) mass is 466 g/mol. The topological polar surface area (TPSA) is 76.8 Å². The van der Waals surface area contributed by atoms with E-state index < -0.39 is 0 Å². The number of hydrogen-bond donors (Lipinski definition) is 1. The summed E-state index contributed by atoms with van der Waals surface area (Å²) in [5.74, 6) is 1.79. The molecule has 1 aliphatic heterocycles. The van der Waals surface area contributed by atoms with Gasteiger partial charge in [-0.2, -0.15) is 5.10 Å². The smallest absolute Gasteiger partial charge is 0.194 e. The van der Waals surface area contributed by atoms with Crippen LogP contribution in [0.4, 0.5) is 0 Å². The van der Waals surface area contributed by atoms with E-state index in [1.165, 1.54) is 0 Å². The average molecular weight is 466 g/mol. The van der Waals surface area contributed by atoms with Crippen molar-refractivity contribution in [3.8, 4) is 0 Å². The lowest BCUT2D eigenvalue weighted by Gasteiger charge is -2.23. The maximum Gasteiger partial charge on any atom is 0.194 e. The van der Waals surface area contributed by atoms with Crippen molar-refractivity contribution >= 4 is 29.9 Å². The van der Waals surface area contributed by atoms with Gasteiger partial charge in [0.05, 0.1) is 12.6 Å². The second kappa shape index (κ2) is 12.4. The molecule has 8 nitrogen and oxygen atoms in total. The molecule has 0 bridgehead atoms. The van der Waals surface area contributed by atoms with Crippen molar-refractivity contribution in [2.24, 2.45) is 12.0 Å². The maximum absolute atomic E-state index is 5.88. The first-order valence-corrected chi connectivity index (χ1v) is 8.72. The highest BCUT2D eigenvalue weighted by Gasteiger charge is 2.13. The van der Waals surface area contributed by atoms with Crippen LogP contribution in [0.1, 0.15) is 32.0 Å². The van der Waals surface area contributed by atoms with E-state index in [-0.39, 0.29) is 24.0 Å². The summed E-state index contributed by atoms with van der Waals surface area (Å²) in [4.78, 5) is 11.0. The Balaban J connectivity index is 0.00000312. The Morgan fingerprint density at radius 2 is 2.24 bits per heavy atom. The van der Waals surface area contributed by atoms with E-state index in [2.05, 4.69) is 32.2 Å². The fraction of sp³-hybridized carbons (Fsp3) is 0.812. The van der Waals surface area contributed by atoms with Crippen LogP contribution in [0, 0.1) is 0 Å². The Labute approximate surface area is 167 Å².